The van der Waals surface area contributed by atoms with Crippen molar-refractivity contribution in [2.75, 3.05) is 11.6 Å². The number of ketones is 1. The summed E-state index contributed by atoms with van der Waals surface area (Å²) in [6.45, 7) is 4.14. The van der Waals surface area contributed by atoms with Crippen LogP contribution in [0.5, 0.6) is 0 Å². The molecule has 3 heteroatoms. The Morgan fingerprint density at radius 3 is 2.64 bits per heavy atom. The second kappa shape index (κ2) is 4.47. The zero-order valence-electron chi connectivity index (χ0n) is 8.38. The fourth-order valence-electron chi connectivity index (χ4n) is 1.25. The molecule has 0 amide bonds. The van der Waals surface area contributed by atoms with Gasteiger partial charge in [0.05, 0.1) is 5.88 Å². The van der Waals surface area contributed by atoms with E-state index in [2.05, 4.69) is 13.8 Å². The summed E-state index contributed by atoms with van der Waals surface area (Å²) in [5.74, 6) is 0.246. The summed E-state index contributed by atoms with van der Waals surface area (Å²) in [6, 6.07) is 5.52. The zero-order valence-corrected chi connectivity index (χ0v) is 9.14. The molecule has 0 aliphatic heterocycles. The van der Waals surface area contributed by atoms with Gasteiger partial charge in [-0.25, -0.2) is 0 Å². The number of nitrogens with two attached hydrogens (primary N) is 1. The molecule has 1 rings (SSSR count). The molecule has 14 heavy (non-hydrogen) atoms. The summed E-state index contributed by atoms with van der Waals surface area (Å²) in [5, 5.41) is 0. The molecule has 0 aromatic heterocycles. The van der Waals surface area contributed by atoms with Crippen molar-refractivity contribution in [3.63, 3.8) is 0 Å². The van der Waals surface area contributed by atoms with Crippen LogP contribution in [0.25, 0.3) is 0 Å². The van der Waals surface area contributed by atoms with Crippen LogP contribution in [-0.4, -0.2) is 11.7 Å². The Balaban J connectivity index is 3.15. The van der Waals surface area contributed by atoms with E-state index in [0.29, 0.717) is 17.2 Å². The van der Waals surface area contributed by atoms with Crippen LogP contribution < -0.4 is 5.73 Å². The van der Waals surface area contributed by atoms with Gasteiger partial charge in [0.25, 0.3) is 0 Å². The summed E-state index contributed by atoms with van der Waals surface area (Å²) in [6.07, 6.45) is 0. The van der Waals surface area contributed by atoms with Crippen molar-refractivity contribution in [1.82, 2.24) is 0 Å². The molecule has 0 saturated carbocycles. The fourth-order valence-corrected chi connectivity index (χ4v) is 1.39. The maximum absolute atomic E-state index is 11.4. The quantitative estimate of drug-likeness (QED) is 0.475. The van der Waals surface area contributed by atoms with Crippen molar-refractivity contribution in [3.05, 3.63) is 29.3 Å². The molecule has 1 aromatic rings. The smallest absolute Gasteiger partial charge is 0.179 e. The minimum Gasteiger partial charge on any atom is -0.398 e. The molecule has 0 radical (unpaired) electrons. The van der Waals surface area contributed by atoms with Gasteiger partial charge in [0.2, 0.25) is 0 Å². The number of anilines is 1. The predicted molar refractivity (Wildman–Crippen MR) is 60.0 cm³/mol. The Bertz CT molecular complexity index is 347. The number of carbonyl (C=O) groups excluding carboxylic acids is 1. The van der Waals surface area contributed by atoms with E-state index in [-0.39, 0.29) is 11.7 Å². The Hall–Kier alpha value is -1.02. The van der Waals surface area contributed by atoms with Crippen LogP contribution in [0.15, 0.2) is 18.2 Å². The van der Waals surface area contributed by atoms with Crippen LogP contribution in [0.2, 0.25) is 0 Å². The summed E-state index contributed by atoms with van der Waals surface area (Å²) in [4.78, 5) is 11.4. The minimum absolute atomic E-state index is 0.0221. The summed E-state index contributed by atoms with van der Waals surface area (Å²) < 4.78 is 0. The lowest BCUT2D eigenvalue weighted by Crippen LogP contribution is -2.06. The molecule has 76 valence electrons. The standard InChI is InChI=1S/C11H14ClNO/c1-7(2)8-3-4-10(13)9(5-8)11(14)6-12/h3-5,7H,6,13H2,1-2H3. The third-order valence-electron chi connectivity index (χ3n) is 2.17. The highest BCUT2D eigenvalue weighted by molar-refractivity contribution is 6.31. The van der Waals surface area contributed by atoms with Gasteiger partial charge in [0.15, 0.2) is 5.78 Å². The first-order chi connectivity index (χ1) is 6.56. The highest BCUT2D eigenvalue weighted by Crippen LogP contribution is 2.21. The molecule has 0 heterocycles. The molecular weight excluding hydrogens is 198 g/mol. The Morgan fingerprint density at radius 2 is 2.14 bits per heavy atom. The van der Waals surface area contributed by atoms with E-state index in [1.54, 1.807) is 6.07 Å². The van der Waals surface area contributed by atoms with Crippen LogP contribution in [0.1, 0.15) is 35.7 Å². The highest BCUT2D eigenvalue weighted by Gasteiger charge is 2.10. The molecular formula is C11H14ClNO. The number of alkyl halides is 1. The third-order valence-corrected chi connectivity index (χ3v) is 2.41. The number of carbonyl (C=O) groups is 1. The Morgan fingerprint density at radius 1 is 1.50 bits per heavy atom. The first kappa shape index (κ1) is 11.1. The van der Waals surface area contributed by atoms with Crippen molar-refractivity contribution in [2.24, 2.45) is 0 Å². The van der Waals surface area contributed by atoms with E-state index in [1.807, 2.05) is 12.1 Å². The minimum atomic E-state index is -0.119. The van der Waals surface area contributed by atoms with Crippen molar-refractivity contribution in [2.45, 2.75) is 19.8 Å². The molecule has 0 saturated heterocycles. The second-order valence-electron chi connectivity index (χ2n) is 3.56. The van der Waals surface area contributed by atoms with Gasteiger partial charge < -0.3 is 5.73 Å². The summed E-state index contributed by atoms with van der Waals surface area (Å²) in [7, 11) is 0. The van der Waals surface area contributed by atoms with Gasteiger partial charge in [0, 0.05) is 11.3 Å². The van der Waals surface area contributed by atoms with Crippen molar-refractivity contribution in [1.29, 1.82) is 0 Å². The third kappa shape index (κ3) is 2.26. The van der Waals surface area contributed by atoms with Crippen LogP contribution in [0.3, 0.4) is 0 Å². The number of nitrogen functional groups attached to an aromatic ring is 1. The average molecular weight is 212 g/mol. The summed E-state index contributed by atoms with van der Waals surface area (Å²) in [5.41, 5.74) is 7.82. The topological polar surface area (TPSA) is 43.1 Å². The van der Waals surface area contributed by atoms with Gasteiger partial charge in [-0.15, -0.1) is 11.6 Å². The predicted octanol–water partition coefficient (Wildman–Crippen LogP) is 2.81. The lowest BCUT2D eigenvalue weighted by molar-refractivity contribution is 0.102. The van der Waals surface area contributed by atoms with E-state index in [1.165, 1.54) is 0 Å². The number of hydrogen-bond donors (Lipinski definition) is 1. The van der Waals surface area contributed by atoms with E-state index in [9.17, 15) is 4.79 Å². The van der Waals surface area contributed by atoms with Gasteiger partial charge in [0.1, 0.15) is 0 Å². The SMILES string of the molecule is CC(C)c1ccc(N)c(C(=O)CCl)c1. The summed E-state index contributed by atoms with van der Waals surface area (Å²) >= 11 is 5.49. The van der Waals surface area contributed by atoms with Crippen LogP contribution in [0.4, 0.5) is 5.69 Å². The first-order valence-electron chi connectivity index (χ1n) is 4.55. The van der Waals surface area contributed by atoms with E-state index in [0.717, 1.165) is 5.56 Å². The van der Waals surface area contributed by atoms with Gasteiger partial charge >= 0.3 is 0 Å². The lowest BCUT2D eigenvalue weighted by atomic mass is 9.98. The normalized spacial score (nSPS) is 10.6. The molecule has 0 aliphatic carbocycles. The molecule has 0 fully saturated rings. The molecule has 0 unspecified atom stereocenters. The highest BCUT2D eigenvalue weighted by atomic mass is 35.5. The molecule has 2 nitrogen and oxygen atoms in total. The molecule has 0 spiro atoms. The number of halogens is 1. The molecule has 1 aromatic carbocycles. The molecule has 0 aliphatic rings. The monoisotopic (exact) mass is 211 g/mol. The number of benzene rings is 1. The van der Waals surface area contributed by atoms with Crippen molar-refractivity contribution >= 4 is 23.1 Å². The molecule has 2 N–H and O–H groups in total. The Labute approximate surface area is 89.1 Å². The van der Waals surface area contributed by atoms with Crippen LogP contribution in [0, 0.1) is 0 Å². The molecule has 0 atom stereocenters. The van der Waals surface area contributed by atoms with Gasteiger partial charge in [-0.1, -0.05) is 19.9 Å². The van der Waals surface area contributed by atoms with Crippen LogP contribution >= 0.6 is 11.6 Å². The first-order valence-corrected chi connectivity index (χ1v) is 5.08. The molecule has 0 bridgehead atoms. The lowest BCUT2D eigenvalue weighted by Gasteiger charge is -2.09. The second-order valence-corrected chi connectivity index (χ2v) is 3.83. The van der Waals surface area contributed by atoms with Gasteiger partial charge in [-0.3, -0.25) is 4.79 Å². The Kier molecular flexibility index (Phi) is 3.53. The maximum atomic E-state index is 11.4. The zero-order chi connectivity index (χ0) is 10.7. The maximum Gasteiger partial charge on any atom is 0.179 e. The van der Waals surface area contributed by atoms with E-state index >= 15 is 0 Å². The van der Waals surface area contributed by atoms with E-state index < -0.39 is 0 Å². The average Bonchev–Trinajstić information content (AvgIpc) is 2.17. The largest absolute Gasteiger partial charge is 0.398 e. The van der Waals surface area contributed by atoms with E-state index in [4.69, 9.17) is 17.3 Å². The van der Waals surface area contributed by atoms with Crippen molar-refractivity contribution < 1.29 is 4.79 Å². The van der Waals surface area contributed by atoms with Gasteiger partial charge in [-0.05, 0) is 23.6 Å². The van der Waals surface area contributed by atoms with Crippen LogP contribution in [-0.2, 0) is 0 Å². The number of hydrogen-bond acceptors (Lipinski definition) is 2. The number of rotatable bonds is 3. The van der Waals surface area contributed by atoms with Crippen molar-refractivity contribution in [3.8, 4) is 0 Å². The number of Topliss-reactive ketones (excluding diaryl/α,β-unsaturated/α-hetero) is 1. The van der Waals surface area contributed by atoms with Gasteiger partial charge in [-0.2, -0.15) is 0 Å². The fraction of sp³-hybridized carbons (Fsp3) is 0.364.